The normalized spacial score (nSPS) is 11.9. The Morgan fingerprint density at radius 2 is 1.74 bits per heavy atom. The topological polar surface area (TPSA) is 100 Å². The summed E-state index contributed by atoms with van der Waals surface area (Å²) in [6, 6.07) is 10.3. The summed E-state index contributed by atoms with van der Waals surface area (Å²) in [5.74, 6) is 1.00. The zero-order chi connectivity index (χ0) is 16.2. The van der Waals surface area contributed by atoms with Gasteiger partial charge in [0, 0.05) is 18.5 Å². The van der Waals surface area contributed by atoms with Crippen molar-refractivity contribution >= 4 is 17.1 Å². The number of carbonyl (C=O) groups is 1. The largest absolute Gasteiger partial charge is 0.481 e. The minimum absolute atomic E-state index is 0.414. The minimum atomic E-state index is -0.692. The Bertz CT molecular complexity index is 836. The molecule has 0 aliphatic carbocycles. The third-order valence-electron chi connectivity index (χ3n) is 3.07. The van der Waals surface area contributed by atoms with Gasteiger partial charge in [-0.05, 0) is 37.3 Å². The molecule has 1 unspecified atom stereocenters. The number of fused-ring (bicyclic) bond motifs is 1. The molecule has 1 aromatic carbocycles. The van der Waals surface area contributed by atoms with Crippen LogP contribution in [0.3, 0.4) is 0 Å². The number of nitrogens with two attached hydrogens (primary N) is 1. The van der Waals surface area contributed by atoms with Gasteiger partial charge in [0.05, 0.1) is 0 Å². The van der Waals surface area contributed by atoms with E-state index in [0.29, 0.717) is 28.5 Å². The molecule has 3 aromatic rings. The van der Waals surface area contributed by atoms with Gasteiger partial charge in [-0.1, -0.05) is 0 Å². The van der Waals surface area contributed by atoms with E-state index in [1.54, 1.807) is 55.7 Å². The van der Waals surface area contributed by atoms with Crippen molar-refractivity contribution in [1.82, 2.24) is 15.0 Å². The molecule has 7 heteroatoms. The third kappa shape index (κ3) is 3.52. The van der Waals surface area contributed by atoms with E-state index in [0.717, 1.165) is 0 Å². The lowest BCUT2D eigenvalue weighted by atomic mass is 10.3. The van der Waals surface area contributed by atoms with Crippen LogP contribution >= 0.6 is 0 Å². The van der Waals surface area contributed by atoms with Gasteiger partial charge in [-0.15, -0.1) is 0 Å². The first kappa shape index (κ1) is 14.7. The number of amides is 1. The number of primary amides is 1. The van der Waals surface area contributed by atoms with Gasteiger partial charge >= 0.3 is 0 Å². The number of nitrogens with zero attached hydrogens (tertiary/aromatic N) is 3. The number of benzene rings is 1. The van der Waals surface area contributed by atoms with Gasteiger partial charge in [0.15, 0.2) is 11.8 Å². The molecule has 0 aliphatic rings. The Kier molecular flexibility index (Phi) is 4.01. The summed E-state index contributed by atoms with van der Waals surface area (Å²) in [4.78, 5) is 23.5. The molecule has 0 saturated heterocycles. The van der Waals surface area contributed by atoms with Crippen LogP contribution in [0.5, 0.6) is 17.4 Å². The summed E-state index contributed by atoms with van der Waals surface area (Å²) in [7, 11) is 0. The molecule has 3 rings (SSSR count). The van der Waals surface area contributed by atoms with Crippen LogP contribution in [-0.4, -0.2) is 27.0 Å². The van der Waals surface area contributed by atoms with E-state index in [1.165, 1.54) is 0 Å². The highest BCUT2D eigenvalue weighted by atomic mass is 16.5. The number of rotatable bonds is 5. The van der Waals surface area contributed by atoms with Crippen molar-refractivity contribution in [3.05, 3.63) is 48.8 Å². The molecular weight excluding hydrogens is 296 g/mol. The molecule has 2 heterocycles. The van der Waals surface area contributed by atoms with Gasteiger partial charge in [-0.2, -0.15) is 4.98 Å². The number of hydrogen-bond donors (Lipinski definition) is 1. The Morgan fingerprint density at radius 3 is 2.48 bits per heavy atom. The number of ether oxygens (including phenoxy) is 2. The number of pyridine rings is 1. The molecule has 0 fully saturated rings. The lowest BCUT2D eigenvalue weighted by Crippen LogP contribution is -2.30. The van der Waals surface area contributed by atoms with Gasteiger partial charge in [-0.25, -0.2) is 4.98 Å². The lowest BCUT2D eigenvalue weighted by molar-refractivity contribution is -0.123. The van der Waals surface area contributed by atoms with Crippen molar-refractivity contribution < 1.29 is 14.3 Å². The first-order chi connectivity index (χ1) is 11.1. The van der Waals surface area contributed by atoms with E-state index in [2.05, 4.69) is 15.0 Å². The standard InChI is InChI=1S/C16H14N4O3/c1-10(15(17)21)22-11-2-4-12(5-3-11)23-14-7-6-13-16(20-14)19-9-8-18-13/h2-10H,1H3,(H2,17,21). The predicted molar refractivity (Wildman–Crippen MR) is 83.1 cm³/mol. The molecule has 0 saturated carbocycles. The molecule has 7 nitrogen and oxygen atoms in total. The molecule has 1 amide bonds. The highest BCUT2D eigenvalue weighted by Crippen LogP contribution is 2.24. The van der Waals surface area contributed by atoms with Crippen molar-refractivity contribution in [3.8, 4) is 17.4 Å². The number of aromatic nitrogens is 3. The Labute approximate surface area is 132 Å². The number of carbonyl (C=O) groups excluding carboxylic acids is 1. The van der Waals surface area contributed by atoms with Crippen LogP contribution in [0.2, 0.25) is 0 Å². The van der Waals surface area contributed by atoms with E-state index < -0.39 is 12.0 Å². The molecule has 23 heavy (non-hydrogen) atoms. The van der Waals surface area contributed by atoms with Gasteiger partial charge < -0.3 is 15.2 Å². The quantitative estimate of drug-likeness (QED) is 0.774. The van der Waals surface area contributed by atoms with Crippen LogP contribution in [-0.2, 0) is 4.79 Å². The Morgan fingerprint density at radius 1 is 1.04 bits per heavy atom. The van der Waals surface area contributed by atoms with Crippen LogP contribution in [0.1, 0.15) is 6.92 Å². The second-order valence-corrected chi connectivity index (χ2v) is 4.78. The first-order valence-electron chi connectivity index (χ1n) is 6.93. The summed E-state index contributed by atoms with van der Waals surface area (Å²) in [6.07, 6.45) is 2.49. The average Bonchev–Trinajstić information content (AvgIpc) is 2.56. The molecule has 116 valence electrons. The minimum Gasteiger partial charge on any atom is -0.481 e. The zero-order valence-corrected chi connectivity index (χ0v) is 12.3. The van der Waals surface area contributed by atoms with Crippen molar-refractivity contribution in [2.45, 2.75) is 13.0 Å². The van der Waals surface area contributed by atoms with E-state index in [-0.39, 0.29) is 0 Å². The highest BCUT2D eigenvalue weighted by molar-refractivity contribution is 5.78. The molecule has 2 aromatic heterocycles. The SMILES string of the molecule is CC(Oc1ccc(Oc2ccc3nccnc3n2)cc1)C(N)=O. The second-order valence-electron chi connectivity index (χ2n) is 4.78. The molecule has 1 atom stereocenters. The van der Waals surface area contributed by atoms with Crippen LogP contribution in [0.4, 0.5) is 0 Å². The maximum atomic E-state index is 11.0. The molecule has 0 bridgehead atoms. The summed E-state index contributed by atoms with van der Waals surface area (Å²) < 4.78 is 11.0. The van der Waals surface area contributed by atoms with Crippen LogP contribution in [0, 0.1) is 0 Å². The van der Waals surface area contributed by atoms with E-state index >= 15 is 0 Å². The van der Waals surface area contributed by atoms with Crippen LogP contribution < -0.4 is 15.2 Å². The van der Waals surface area contributed by atoms with Crippen LogP contribution in [0.25, 0.3) is 11.2 Å². The average molecular weight is 310 g/mol. The monoisotopic (exact) mass is 310 g/mol. The van der Waals surface area contributed by atoms with E-state index in [9.17, 15) is 4.79 Å². The highest BCUT2D eigenvalue weighted by Gasteiger charge is 2.10. The Hall–Kier alpha value is -3.22. The zero-order valence-electron chi connectivity index (χ0n) is 12.3. The maximum absolute atomic E-state index is 11.0. The van der Waals surface area contributed by atoms with E-state index in [1.807, 2.05) is 0 Å². The van der Waals surface area contributed by atoms with Gasteiger partial charge in [0.25, 0.3) is 5.91 Å². The molecule has 0 spiro atoms. The van der Waals surface area contributed by atoms with Crippen molar-refractivity contribution in [2.24, 2.45) is 5.73 Å². The lowest BCUT2D eigenvalue weighted by Gasteiger charge is -2.11. The summed E-state index contributed by atoms with van der Waals surface area (Å²) >= 11 is 0. The fourth-order valence-corrected chi connectivity index (χ4v) is 1.86. The summed E-state index contributed by atoms with van der Waals surface area (Å²) in [6.45, 7) is 1.59. The van der Waals surface area contributed by atoms with Crippen molar-refractivity contribution in [1.29, 1.82) is 0 Å². The van der Waals surface area contributed by atoms with Crippen LogP contribution in [0.15, 0.2) is 48.8 Å². The Balaban J connectivity index is 1.73. The second kappa shape index (κ2) is 6.27. The van der Waals surface area contributed by atoms with E-state index in [4.69, 9.17) is 15.2 Å². The number of hydrogen-bond acceptors (Lipinski definition) is 6. The van der Waals surface area contributed by atoms with Crippen molar-refractivity contribution in [2.75, 3.05) is 0 Å². The molecule has 2 N–H and O–H groups in total. The predicted octanol–water partition coefficient (Wildman–Crippen LogP) is 2.07. The smallest absolute Gasteiger partial charge is 0.258 e. The molecule has 0 aliphatic heterocycles. The first-order valence-corrected chi connectivity index (χ1v) is 6.93. The fourth-order valence-electron chi connectivity index (χ4n) is 1.86. The van der Waals surface area contributed by atoms with Gasteiger partial charge in [0.1, 0.15) is 17.0 Å². The summed E-state index contributed by atoms with van der Waals surface area (Å²) in [5.41, 5.74) is 6.37. The fraction of sp³-hybridized carbons (Fsp3) is 0.125. The van der Waals surface area contributed by atoms with Crippen molar-refractivity contribution in [3.63, 3.8) is 0 Å². The third-order valence-corrected chi connectivity index (χ3v) is 3.07. The van der Waals surface area contributed by atoms with Gasteiger partial charge in [0.2, 0.25) is 5.88 Å². The van der Waals surface area contributed by atoms with Gasteiger partial charge in [-0.3, -0.25) is 9.78 Å². The molecular formula is C16H14N4O3. The molecule has 0 radical (unpaired) electrons. The maximum Gasteiger partial charge on any atom is 0.258 e. The summed E-state index contributed by atoms with van der Waals surface area (Å²) in [5, 5.41) is 0.